The van der Waals surface area contributed by atoms with Gasteiger partial charge >= 0.3 is 0 Å². The number of hydrogen-bond donors (Lipinski definition) is 1. The molecule has 0 spiro atoms. The van der Waals surface area contributed by atoms with Crippen LogP contribution in [-0.4, -0.2) is 33.9 Å². The second-order valence-electron chi connectivity index (χ2n) is 5.01. The van der Waals surface area contributed by atoms with Crippen LogP contribution >= 0.6 is 0 Å². The van der Waals surface area contributed by atoms with Crippen LogP contribution in [0.5, 0.6) is 0 Å². The Morgan fingerprint density at radius 1 is 1.45 bits per heavy atom. The van der Waals surface area contributed by atoms with Crippen LogP contribution in [0, 0.1) is 0 Å². The van der Waals surface area contributed by atoms with Crippen molar-refractivity contribution in [1.29, 1.82) is 0 Å². The van der Waals surface area contributed by atoms with Crippen molar-refractivity contribution in [3.8, 4) is 0 Å². The zero-order valence-corrected chi connectivity index (χ0v) is 12.8. The van der Waals surface area contributed by atoms with E-state index in [1.807, 2.05) is 32.0 Å². The van der Waals surface area contributed by atoms with Crippen LogP contribution in [0.15, 0.2) is 18.2 Å². The summed E-state index contributed by atoms with van der Waals surface area (Å²) in [6, 6.07) is 5.74. The van der Waals surface area contributed by atoms with E-state index in [0.717, 1.165) is 23.2 Å². The smallest absolute Gasteiger partial charge is 0.237 e. The first-order valence-corrected chi connectivity index (χ1v) is 8.53. The number of sulfonamides is 1. The quantitative estimate of drug-likeness (QED) is 0.807. The molecular weight excluding hydrogens is 276 g/mol. The summed E-state index contributed by atoms with van der Waals surface area (Å²) in [6.45, 7) is 5.05. The SMILES string of the molecule is CCOCCS(=O)(=O)N1CCc2cc(C(C)N)ccc21. The summed E-state index contributed by atoms with van der Waals surface area (Å²) < 4.78 is 31.3. The fourth-order valence-corrected chi connectivity index (χ4v) is 3.78. The fraction of sp³-hybridized carbons (Fsp3) is 0.571. The minimum atomic E-state index is -3.30. The van der Waals surface area contributed by atoms with Gasteiger partial charge in [0, 0.05) is 19.2 Å². The van der Waals surface area contributed by atoms with E-state index in [0.29, 0.717) is 13.2 Å². The first-order valence-electron chi connectivity index (χ1n) is 6.92. The van der Waals surface area contributed by atoms with Gasteiger partial charge < -0.3 is 10.5 Å². The Hall–Kier alpha value is -1.11. The molecule has 0 radical (unpaired) electrons. The number of benzene rings is 1. The molecule has 0 saturated carbocycles. The van der Waals surface area contributed by atoms with Gasteiger partial charge in [0.2, 0.25) is 10.0 Å². The normalized spacial score (nSPS) is 16.2. The van der Waals surface area contributed by atoms with Crippen LogP contribution in [0.25, 0.3) is 0 Å². The summed E-state index contributed by atoms with van der Waals surface area (Å²) in [4.78, 5) is 0. The van der Waals surface area contributed by atoms with E-state index in [1.165, 1.54) is 4.31 Å². The summed E-state index contributed by atoms with van der Waals surface area (Å²) in [6.07, 6.45) is 0.740. The number of anilines is 1. The van der Waals surface area contributed by atoms with Crippen molar-refractivity contribution < 1.29 is 13.2 Å². The third kappa shape index (κ3) is 3.13. The van der Waals surface area contributed by atoms with E-state index >= 15 is 0 Å². The lowest BCUT2D eigenvalue weighted by Gasteiger charge is -2.20. The van der Waals surface area contributed by atoms with Crippen LogP contribution in [-0.2, 0) is 21.2 Å². The lowest BCUT2D eigenvalue weighted by molar-refractivity contribution is 0.163. The topological polar surface area (TPSA) is 72.6 Å². The molecule has 0 bridgehead atoms. The fourth-order valence-electron chi connectivity index (χ4n) is 2.38. The first kappa shape index (κ1) is 15.3. The number of ether oxygens (including phenoxy) is 1. The molecule has 1 aliphatic rings. The monoisotopic (exact) mass is 298 g/mol. The van der Waals surface area contributed by atoms with Gasteiger partial charge in [0.25, 0.3) is 0 Å². The van der Waals surface area contributed by atoms with E-state index < -0.39 is 10.0 Å². The summed E-state index contributed by atoms with van der Waals surface area (Å²) in [5.41, 5.74) is 8.74. The molecule has 1 atom stereocenters. The molecule has 1 aromatic carbocycles. The van der Waals surface area contributed by atoms with E-state index in [4.69, 9.17) is 10.5 Å². The molecule has 0 aliphatic carbocycles. The Balaban J connectivity index is 2.19. The Morgan fingerprint density at radius 2 is 2.20 bits per heavy atom. The van der Waals surface area contributed by atoms with Crippen molar-refractivity contribution >= 4 is 15.7 Å². The molecular formula is C14H22N2O3S. The molecule has 0 saturated heterocycles. The summed E-state index contributed by atoms with van der Waals surface area (Å²) in [5.74, 6) is 0.0231. The van der Waals surface area contributed by atoms with Crippen LogP contribution in [0.4, 0.5) is 5.69 Å². The molecule has 1 unspecified atom stereocenters. The predicted molar refractivity (Wildman–Crippen MR) is 80.4 cm³/mol. The van der Waals surface area contributed by atoms with Crippen LogP contribution in [0.1, 0.15) is 31.0 Å². The maximum atomic E-state index is 12.3. The van der Waals surface area contributed by atoms with Crippen molar-refractivity contribution in [2.75, 3.05) is 29.8 Å². The van der Waals surface area contributed by atoms with Gasteiger partial charge in [-0.25, -0.2) is 8.42 Å². The number of fused-ring (bicyclic) bond motifs is 1. The predicted octanol–water partition coefficient (Wildman–Crippen LogP) is 1.44. The van der Waals surface area contributed by atoms with Gasteiger partial charge in [-0.1, -0.05) is 12.1 Å². The minimum absolute atomic E-state index is 0.0231. The van der Waals surface area contributed by atoms with E-state index in [2.05, 4.69) is 0 Å². The number of nitrogens with zero attached hydrogens (tertiary/aromatic N) is 1. The zero-order valence-electron chi connectivity index (χ0n) is 12.0. The highest BCUT2D eigenvalue weighted by molar-refractivity contribution is 7.92. The molecule has 2 N–H and O–H groups in total. The zero-order chi connectivity index (χ0) is 14.8. The Morgan fingerprint density at radius 3 is 2.85 bits per heavy atom. The van der Waals surface area contributed by atoms with E-state index in [1.54, 1.807) is 0 Å². The van der Waals surface area contributed by atoms with Crippen molar-refractivity contribution in [1.82, 2.24) is 0 Å². The molecule has 1 aliphatic heterocycles. The first-order chi connectivity index (χ1) is 9.45. The molecule has 20 heavy (non-hydrogen) atoms. The molecule has 0 fully saturated rings. The molecule has 1 aromatic rings. The number of nitrogens with two attached hydrogens (primary N) is 1. The average molecular weight is 298 g/mol. The van der Waals surface area contributed by atoms with Crippen molar-refractivity contribution in [2.45, 2.75) is 26.3 Å². The van der Waals surface area contributed by atoms with Crippen molar-refractivity contribution in [3.05, 3.63) is 29.3 Å². The number of rotatable bonds is 6. The van der Waals surface area contributed by atoms with Crippen LogP contribution in [0.3, 0.4) is 0 Å². The highest BCUT2D eigenvalue weighted by Gasteiger charge is 2.29. The highest BCUT2D eigenvalue weighted by Crippen LogP contribution is 2.32. The summed E-state index contributed by atoms with van der Waals surface area (Å²) in [5, 5.41) is 0. The second kappa shape index (κ2) is 6.11. The van der Waals surface area contributed by atoms with Gasteiger partial charge in [-0.3, -0.25) is 4.31 Å². The van der Waals surface area contributed by atoms with Crippen molar-refractivity contribution in [2.24, 2.45) is 5.73 Å². The lowest BCUT2D eigenvalue weighted by atomic mass is 10.0. The Kier molecular flexibility index (Phi) is 4.67. The van der Waals surface area contributed by atoms with Gasteiger partial charge in [0.15, 0.2) is 0 Å². The average Bonchev–Trinajstić information content (AvgIpc) is 2.82. The van der Waals surface area contributed by atoms with Crippen LogP contribution in [0.2, 0.25) is 0 Å². The largest absolute Gasteiger partial charge is 0.381 e. The maximum absolute atomic E-state index is 12.3. The van der Waals surface area contributed by atoms with E-state index in [-0.39, 0.29) is 18.4 Å². The van der Waals surface area contributed by atoms with Gasteiger partial charge in [-0.15, -0.1) is 0 Å². The maximum Gasteiger partial charge on any atom is 0.237 e. The third-order valence-corrected chi connectivity index (χ3v) is 5.24. The van der Waals surface area contributed by atoms with E-state index in [9.17, 15) is 8.42 Å². The van der Waals surface area contributed by atoms with Gasteiger partial charge in [-0.2, -0.15) is 0 Å². The minimum Gasteiger partial charge on any atom is -0.381 e. The molecule has 2 rings (SSSR count). The molecule has 0 aromatic heterocycles. The molecule has 112 valence electrons. The van der Waals surface area contributed by atoms with Gasteiger partial charge in [-0.05, 0) is 37.5 Å². The molecule has 0 amide bonds. The van der Waals surface area contributed by atoms with Crippen LogP contribution < -0.4 is 10.0 Å². The molecule has 6 heteroatoms. The second-order valence-corrected chi connectivity index (χ2v) is 7.02. The van der Waals surface area contributed by atoms with Gasteiger partial charge in [0.05, 0.1) is 18.0 Å². The van der Waals surface area contributed by atoms with Gasteiger partial charge in [0.1, 0.15) is 0 Å². The lowest BCUT2D eigenvalue weighted by Crippen LogP contribution is -2.32. The Bertz CT molecular complexity index is 570. The number of hydrogen-bond acceptors (Lipinski definition) is 4. The highest BCUT2D eigenvalue weighted by atomic mass is 32.2. The summed E-state index contributed by atoms with van der Waals surface area (Å²) in [7, 11) is -3.30. The third-order valence-electron chi connectivity index (χ3n) is 3.51. The standard InChI is InChI=1S/C14H22N2O3S/c1-3-19-8-9-20(17,18)16-7-6-13-10-12(11(2)15)4-5-14(13)16/h4-5,10-11H,3,6-9,15H2,1-2H3. The molecule has 5 nitrogen and oxygen atoms in total. The molecule has 1 heterocycles. The van der Waals surface area contributed by atoms with Crippen molar-refractivity contribution in [3.63, 3.8) is 0 Å². The Labute approximate surface area is 120 Å². The summed E-state index contributed by atoms with van der Waals surface area (Å²) >= 11 is 0.